The zero-order valence-electron chi connectivity index (χ0n) is 14.5. The number of benzene rings is 1. The molecule has 0 bridgehead atoms. The fourth-order valence-electron chi connectivity index (χ4n) is 3.27. The van der Waals surface area contributed by atoms with Gasteiger partial charge >= 0.3 is 0 Å². The molecule has 3 aromatic rings. The molecule has 0 unspecified atom stereocenters. The molecule has 2 aromatic heterocycles. The first kappa shape index (κ1) is 17.9. The molecule has 0 spiro atoms. The maximum atomic E-state index is 13.3. The zero-order chi connectivity index (χ0) is 18.8. The average Bonchev–Trinajstić information content (AvgIpc) is 2.67. The van der Waals surface area contributed by atoms with Crippen LogP contribution in [0.2, 0.25) is 5.02 Å². The zero-order valence-corrected chi connectivity index (χ0v) is 15.2. The summed E-state index contributed by atoms with van der Waals surface area (Å²) in [7, 11) is 0. The van der Waals surface area contributed by atoms with Gasteiger partial charge in [0.05, 0.1) is 22.0 Å². The van der Waals surface area contributed by atoms with Gasteiger partial charge in [0.25, 0.3) is 0 Å². The highest BCUT2D eigenvalue weighted by Crippen LogP contribution is 2.27. The molecule has 1 aliphatic carbocycles. The maximum absolute atomic E-state index is 13.3. The molecule has 0 saturated heterocycles. The van der Waals surface area contributed by atoms with Gasteiger partial charge in [-0.2, -0.15) is 0 Å². The first-order chi connectivity index (χ1) is 13.1. The Morgan fingerprint density at radius 1 is 1.07 bits per heavy atom. The van der Waals surface area contributed by atoms with Crippen LogP contribution in [-0.4, -0.2) is 32.2 Å². The monoisotopic (exact) mass is 387 g/mol. The van der Waals surface area contributed by atoms with E-state index >= 15 is 0 Å². The van der Waals surface area contributed by atoms with Crippen LogP contribution in [-0.2, 0) is 0 Å². The first-order valence-corrected chi connectivity index (χ1v) is 9.24. The molecule has 1 aliphatic rings. The highest BCUT2D eigenvalue weighted by molar-refractivity contribution is 6.31. The minimum atomic E-state index is -0.470. The molecule has 3 N–H and O–H groups in total. The Labute approximate surface area is 160 Å². The van der Waals surface area contributed by atoms with Crippen molar-refractivity contribution in [2.75, 3.05) is 10.6 Å². The van der Waals surface area contributed by atoms with Crippen molar-refractivity contribution in [2.45, 2.75) is 37.8 Å². The Morgan fingerprint density at radius 3 is 2.67 bits per heavy atom. The van der Waals surface area contributed by atoms with Gasteiger partial charge in [0.1, 0.15) is 23.8 Å². The predicted molar refractivity (Wildman–Crippen MR) is 104 cm³/mol. The van der Waals surface area contributed by atoms with Crippen LogP contribution in [0, 0.1) is 5.82 Å². The van der Waals surface area contributed by atoms with Gasteiger partial charge in [0, 0.05) is 24.0 Å². The van der Waals surface area contributed by atoms with E-state index in [1.807, 2.05) is 6.07 Å². The lowest BCUT2D eigenvalue weighted by atomic mass is 9.93. The number of hydrogen-bond donors (Lipinski definition) is 3. The number of pyridine rings is 1. The molecule has 1 fully saturated rings. The predicted octanol–water partition coefficient (Wildman–Crippen LogP) is 4.28. The third kappa shape index (κ3) is 4.09. The van der Waals surface area contributed by atoms with Crippen LogP contribution in [0.15, 0.2) is 36.8 Å². The lowest BCUT2D eigenvalue weighted by molar-refractivity contribution is 0.126. The van der Waals surface area contributed by atoms with Crippen molar-refractivity contribution >= 4 is 39.8 Å². The second kappa shape index (κ2) is 7.62. The van der Waals surface area contributed by atoms with E-state index < -0.39 is 5.82 Å². The van der Waals surface area contributed by atoms with E-state index in [2.05, 4.69) is 25.6 Å². The Morgan fingerprint density at radius 2 is 1.89 bits per heavy atom. The summed E-state index contributed by atoms with van der Waals surface area (Å²) in [5, 5.41) is 17.0. The number of aliphatic hydroxyl groups excluding tert-OH is 1. The molecule has 27 heavy (non-hydrogen) atoms. The molecule has 6 nitrogen and oxygen atoms in total. The van der Waals surface area contributed by atoms with Gasteiger partial charge in [-0.3, -0.25) is 0 Å². The third-order valence-corrected chi connectivity index (χ3v) is 5.04. The van der Waals surface area contributed by atoms with E-state index in [0.717, 1.165) is 42.4 Å². The summed E-state index contributed by atoms with van der Waals surface area (Å²) in [5.41, 5.74) is 1.37. The van der Waals surface area contributed by atoms with Crippen molar-refractivity contribution in [3.63, 3.8) is 0 Å². The van der Waals surface area contributed by atoms with Crippen LogP contribution < -0.4 is 10.6 Å². The summed E-state index contributed by atoms with van der Waals surface area (Å²) in [5.74, 6) is 0.850. The van der Waals surface area contributed by atoms with E-state index in [4.69, 9.17) is 11.6 Å². The van der Waals surface area contributed by atoms with E-state index in [-0.39, 0.29) is 11.1 Å². The SMILES string of the molecule is OC1CCC(Nc2cc3ncnc(Nc4ccc(F)c(Cl)c4)c3cn2)CC1. The van der Waals surface area contributed by atoms with Crippen LogP contribution >= 0.6 is 11.6 Å². The van der Waals surface area contributed by atoms with Gasteiger partial charge in [0.15, 0.2) is 0 Å². The first-order valence-electron chi connectivity index (χ1n) is 8.86. The normalized spacial score (nSPS) is 19.8. The number of nitrogens with zero attached hydrogens (tertiary/aromatic N) is 3. The number of hydrogen-bond acceptors (Lipinski definition) is 6. The van der Waals surface area contributed by atoms with Gasteiger partial charge in [-0.05, 0) is 43.9 Å². The summed E-state index contributed by atoms with van der Waals surface area (Å²) in [6, 6.07) is 6.58. The van der Waals surface area contributed by atoms with Crippen molar-refractivity contribution in [3.8, 4) is 0 Å². The van der Waals surface area contributed by atoms with Crippen molar-refractivity contribution in [1.29, 1.82) is 0 Å². The Balaban J connectivity index is 1.55. The number of fused-ring (bicyclic) bond motifs is 1. The van der Waals surface area contributed by atoms with E-state index in [9.17, 15) is 9.50 Å². The lowest BCUT2D eigenvalue weighted by Gasteiger charge is -2.26. The van der Waals surface area contributed by atoms with Crippen molar-refractivity contribution in [1.82, 2.24) is 15.0 Å². The van der Waals surface area contributed by atoms with Crippen LogP contribution in [0.25, 0.3) is 10.9 Å². The van der Waals surface area contributed by atoms with E-state index in [1.54, 1.807) is 12.3 Å². The number of aliphatic hydroxyl groups is 1. The highest BCUT2D eigenvalue weighted by atomic mass is 35.5. The smallest absolute Gasteiger partial charge is 0.143 e. The Bertz CT molecular complexity index is 962. The molecular formula is C19H19ClFN5O. The van der Waals surface area contributed by atoms with E-state index in [0.29, 0.717) is 17.5 Å². The van der Waals surface area contributed by atoms with Gasteiger partial charge in [0.2, 0.25) is 0 Å². The number of anilines is 3. The van der Waals surface area contributed by atoms with Crippen molar-refractivity contribution in [2.24, 2.45) is 0 Å². The minimum Gasteiger partial charge on any atom is -0.393 e. The van der Waals surface area contributed by atoms with Crippen molar-refractivity contribution < 1.29 is 9.50 Å². The number of nitrogens with one attached hydrogen (secondary N) is 2. The van der Waals surface area contributed by atoms with Crippen molar-refractivity contribution in [3.05, 3.63) is 47.6 Å². The summed E-state index contributed by atoms with van der Waals surface area (Å²) in [4.78, 5) is 13.1. The molecule has 2 heterocycles. The topological polar surface area (TPSA) is 83.0 Å². The highest BCUT2D eigenvalue weighted by Gasteiger charge is 2.19. The molecule has 8 heteroatoms. The van der Waals surface area contributed by atoms with Crippen LogP contribution in [0.4, 0.5) is 21.7 Å². The molecule has 4 rings (SSSR count). The molecule has 0 aliphatic heterocycles. The summed E-state index contributed by atoms with van der Waals surface area (Å²) in [6.07, 6.45) is 6.45. The quantitative estimate of drug-likeness (QED) is 0.620. The lowest BCUT2D eigenvalue weighted by Crippen LogP contribution is -2.28. The molecule has 0 amide bonds. The molecule has 0 radical (unpaired) electrons. The molecular weight excluding hydrogens is 369 g/mol. The molecule has 1 saturated carbocycles. The summed E-state index contributed by atoms with van der Waals surface area (Å²) in [6.45, 7) is 0. The van der Waals surface area contributed by atoms with Gasteiger partial charge in [-0.1, -0.05) is 11.6 Å². The van der Waals surface area contributed by atoms with Gasteiger partial charge < -0.3 is 15.7 Å². The van der Waals surface area contributed by atoms with E-state index in [1.165, 1.54) is 18.5 Å². The number of halogens is 2. The van der Waals surface area contributed by atoms with Crippen LogP contribution in [0.3, 0.4) is 0 Å². The van der Waals surface area contributed by atoms with Gasteiger partial charge in [-0.25, -0.2) is 19.3 Å². The van der Waals surface area contributed by atoms with Crippen LogP contribution in [0.5, 0.6) is 0 Å². The largest absolute Gasteiger partial charge is 0.393 e. The number of aromatic nitrogens is 3. The minimum absolute atomic E-state index is 0.0422. The molecule has 140 valence electrons. The second-order valence-electron chi connectivity index (χ2n) is 6.71. The fourth-order valence-corrected chi connectivity index (χ4v) is 3.45. The Kier molecular flexibility index (Phi) is 5.05. The summed E-state index contributed by atoms with van der Waals surface area (Å²) < 4.78 is 13.3. The average molecular weight is 388 g/mol. The molecule has 1 aromatic carbocycles. The maximum Gasteiger partial charge on any atom is 0.143 e. The standard InChI is InChI=1S/C19H19ClFN5O/c20-15-7-12(3-6-16(15)21)26-19-14-9-22-18(8-17(14)23-10-24-19)25-11-1-4-13(27)5-2-11/h3,6-11,13,27H,1-2,4-5H2,(H,22,25)(H,23,24,26). The third-order valence-electron chi connectivity index (χ3n) is 4.75. The van der Waals surface area contributed by atoms with Crippen LogP contribution in [0.1, 0.15) is 25.7 Å². The second-order valence-corrected chi connectivity index (χ2v) is 7.12. The number of rotatable bonds is 4. The fraction of sp³-hybridized carbons (Fsp3) is 0.316. The Hall–Kier alpha value is -2.51. The molecule has 0 atom stereocenters. The summed E-state index contributed by atoms with van der Waals surface area (Å²) >= 11 is 5.84. The van der Waals surface area contributed by atoms with Gasteiger partial charge in [-0.15, -0.1) is 0 Å².